The van der Waals surface area contributed by atoms with E-state index in [9.17, 15) is 18.8 Å². The molecule has 3 N–H and O–H groups in total. The van der Waals surface area contributed by atoms with Gasteiger partial charge in [-0.2, -0.15) is 0 Å². The molecule has 3 rings (SSSR count). The van der Waals surface area contributed by atoms with E-state index in [1.165, 1.54) is 30.5 Å². The van der Waals surface area contributed by atoms with Crippen LogP contribution >= 0.6 is 0 Å². The van der Waals surface area contributed by atoms with Crippen LogP contribution in [0.5, 0.6) is 0 Å². The highest BCUT2D eigenvalue weighted by molar-refractivity contribution is 6.03. The third kappa shape index (κ3) is 5.79. The topological polar surface area (TPSA) is 100 Å². The van der Waals surface area contributed by atoms with E-state index >= 15 is 0 Å². The van der Waals surface area contributed by atoms with Crippen LogP contribution in [0.3, 0.4) is 0 Å². The lowest BCUT2D eigenvalue weighted by Crippen LogP contribution is -2.47. The first-order chi connectivity index (χ1) is 14.8. The van der Waals surface area contributed by atoms with E-state index in [4.69, 9.17) is 4.42 Å². The molecule has 0 saturated heterocycles. The van der Waals surface area contributed by atoms with Gasteiger partial charge in [-0.1, -0.05) is 13.8 Å². The lowest BCUT2D eigenvalue weighted by molar-refractivity contribution is -0.118. The number of carbonyl (C=O) groups excluding carboxylic acids is 3. The van der Waals surface area contributed by atoms with Crippen molar-refractivity contribution in [1.82, 2.24) is 5.32 Å². The van der Waals surface area contributed by atoms with Gasteiger partial charge in [0.25, 0.3) is 11.8 Å². The molecule has 0 radical (unpaired) electrons. The molecule has 31 heavy (non-hydrogen) atoms. The Morgan fingerprint density at radius 1 is 0.839 bits per heavy atom. The molecular formula is C23H22FN3O4. The molecule has 1 heterocycles. The van der Waals surface area contributed by atoms with Crippen LogP contribution in [0.4, 0.5) is 15.8 Å². The van der Waals surface area contributed by atoms with Gasteiger partial charge in [0.1, 0.15) is 11.9 Å². The average molecular weight is 423 g/mol. The second-order valence-electron chi connectivity index (χ2n) is 7.20. The van der Waals surface area contributed by atoms with Crippen LogP contribution in [0.2, 0.25) is 0 Å². The summed E-state index contributed by atoms with van der Waals surface area (Å²) in [6.07, 6.45) is 1.41. The molecule has 0 aliphatic carbocycles. The number of benzene rings is 2. The maximum Gasteiger partial charge on any atom is 0.291 e. The van der Waals surface area contributed by atoms with E-state index < -0.39 is 23.7 Å². The number of halogens is 1. The third-order valence-corrected chi connectivity index (χ3v) is 4.50. The number of hydrogen-bond acceptors (Lipinski definition) is 4. The van der Waals surface area contributed by atoms with E-state index in [1.54, 1.807) is 36.4 Å². The molecule has 0 saturated carbocycles. The summed E-state index contributed by atoms with van der Waals surface area (Å²) < 4.78 is 18.1. The van der Waals surface area contributed by atoms with E-state index in [2.05, 4.69) is 16.0 Å². The molecule has 1 atom stereocenters. The Bertz CT molecular complexity index is 1050. The van der Waals surface area contributed by atoms with Crippen molar-refractivity contribution in [3.05, 3.63) is 84.1 Å². The fourth-order valence-electron chi connectivity index (χ4n) is 2.82. The molecule has 2 aromatic carbocycles. The van der Waals surface area contributed by atoms with E-state index in [-0.39, 0.29) is 23.1 Å². The summed E-state index contributed by atoms with van der Waals surface area (Å²) in [5.74, 6) is -1.68. The maximum absolute atomic E-state index is 13.1. The number of rotatable bonds is 7. The molecular weight excluding hydrogens is 401 g/mol. The van der Waals surface area contributed by atoms with Crippen molar-refractivity contribution in [3.8, 4) is 0 Å². The molecule has 0 aliphatic rings. The van der Waals surface area contributed by atoms with Gasteiger partial charge in [0.05, 0.1) is 6.26 Å². The smallest absolute Gasteiger partial charge is 0.291 e. The lowest BCUT2D eigenvalue weighted by atomic mass is 10.0. The third-order valence-electron chi connectivity index (χ3n) is 4.50. The minimum absolute atomic E-state index is 0.184. The number of anilines is 2. The Hall–Kier alpha value is -3.94. The summed E-state index contributed by atoms with van der Waals surface area (Å²) in [5, 5.41) is 8.12. The highest BCUT2D eigenvalue weighted by Gasteiger charge is 2.25. The van der Waals surface area contributed by atoms with Crippen molar-refractivity contribution < 1.29 is 23.2 Å². The van der Waals surface area contributed by atoms with Gasteiger partial charge in [-0.3, -0.25) is 14.4 Å². The molecule has 1 unspecified atom stereocenters. The molecule has 0 spiro atoms. The van der Waals surface area contributed by atoms with Gasteiger partial charge in [-0.25, -0.2) is 4.39 Å². The van der Waals surface area contributed by atoms with Gasteiger partial charge >= 0.3 is 0 Å². The maximum atomic E-state index is 13.1. The van der Waals surface area contributed by atoms with Crippen LogP contribution in [0.15, 0.2) is 71.3 Å². The predicted octanol–water partition coefficient (Wildman–Crippen LogP) is 4.06. The normalized spacial score (nSPS) is 11.6. The fourth-order valence-corrected chi connectivity index (χ4v) is 2.82. The van der Waals surface area contributed by atoms with Crippen LogP contribution in [-0.2, 0) is 4.79 Å². The Kier molecular flexibility index (Phi) is 6.81. The zero-order valence-corrected chi connectivity index (χ0v) is 17.0. The van der Waals surface area contributed by atoms with Crippen molar-refractivity contribution in [2.24, 2.45) is 5.92 Å². The number of carbonyl (C=O) groups is 3. The van der Waals surface area contributed by atoms with Gasteiger partial charge in [0.2, 0.25) is 5.91 Å². The summed E-state index contributed by atoms with van der Waals surface area (Å²) in [6.45, 7) is 3.62. The van der Waals surface area contributed by atoms with Crippen LogP contribution in [0.1, 0.15) is 34.8 Å². The van der Waals surface area contributed by atoms with Crippen LogP contribution in [0, 0.1) is 11.7 Å². The summed E-state index contributed by atoms with van der Waals surface area (Å²) in [5.41, 5.74) is 1.30. The van der Waals surface area contributed by atoms with Crippen LogP contribution in [-0.4, -0.2) is 23.8 Å². The lowest BCUT2D eigenvalue weighted by Gasteiger charge is -2.22. The Morgan fingerprint density at radius 2 is 1.45 bits per heavy atom. The SMILES string of the molecule is CC(C)C(NC(=O)c1ccc(F)cc1)C(=O)Nc1ccc(NC(=O)c2ccco2)cc1. The minimum Gasteiger partial charge on any atom is -0.459 e. The van der Waals surface area contributed by atoms with E-state index in [0.717, 1.165) is 0 Å². The predicted molar refractivity (Wildman–Crippen MR) is 114 cm³/mol. The zero-order valence-electron chi connectivity index (χ0n) is 17.0. The first-order valence-corrected chi connectivity index (χ1v) is 9.65. The monoisotopic (exact) mass is 423 g/mol. The van der Waals surface area contributed by atoms with E-state index in [1.807, 2.05) is 13.8 Å². The minimum atomic E-state index is -0.795. The molecule has 7 nitrogen and oxygen atoms in total. The van der Waals surface area contributed by atoms with Gasteiger partial charge in [0, 0.05) is 16.9 Å². The van der Waals surface area contributed by atoms with Gasteiger partial charge in [0.15, 0.2) is 5.76 Å². The molecule has 0 aliphatic heterocycles. The number of furan rings is 1. The van der Waals surface area contributed by atoms with Gasteiger partial charge in [-0.15, -0.1) is 0 Å². The number of amides is 3. The van der Waals surface area contributed by atoms with Crippen molar-refractivity contribution in [1.29, 1.82) is 0 Å². The van der Waals surface area contributed by atoms with Crippen molar-refractivity contribution in [2.75, 3.05) is 10.6 Å². The quantitative estimate of drug-likeness (QED) is 0.533. The number of nitrogens with one attached hydrogen (secondary N) is 3. The Balaban J connectivity index is 1.61. The molecule has 160 valence electrons. The molecule has 3 amide bonds. The molecule has 3 aromatic rings. The first kappa shape index (κ1) is 21.8. The highest BCUT2D eigenvalue weighted by atomic mass is 19.1. The zero-order chi connectivity index (χ0) is 22.4. The standard InChI is InChI=1S/C23H22FN3O4/c1-14(2)20(27-21(28)15-5-7-16(24)8-6-15)23(30)26-18-11-9-17(10-12-18)25-22(29)19-4-3-13-31-19/h3-14,20H,1-2H3,(H,25,29)(H,26,30)(H,27,28). The van der Waals surface area contributed by atoms with Crippen LogP contribution in [0.25, 0.3) is 0 Å². The molecule has 0 fully saturated rings. The summed E-state index contributed by atoms with van der Waals surface area (Å²) in [7, 11) is 0. The second-order valence-corrected chi connectivity index (χ2v) is 7.20. The summed E-state index contributed by atoms with van der Waals surface area (Å²) >= 11 is 0. The van der Waals surface area contributed by atoms with E-state index in [0.29, 0.717) is 11.4 Å². The molecule has 1 aromatic heterocycles. The van der Waals surface area contributed by atoms with Crippen LogP contribution < -0.4 is 16.0 Å². The first-order valence-electron chi connectivity index (χ1n) is 9.65. The van der Waals surface area contributed by atoms with Crippen molar-refractivity contribution >= 4 is 29.1 Å². The molecule has 8 heteroatoms. The van der Waals surface area contributed by atoms with Crippen molar-refractivity contribution in [2.45, 2.75) is 19.9 Å². The van der Waals surface area contributed by atoms with Gasteiger partial charge < -0.3 is 20.4 Å². The summed E-state index contributed by atoms with van der Waals surface area (Å²) in [6, 6.07) is 14.0. The Labute approximate surface area is 178 Å². The molecule has 0 bridgehead atoms. The Morgan fingerprint density at radius 3 is 2.00 bits per heavy atom. The largest absolute Gasteiger partial charge is 0.459 e. The summed E-state index contributed by atoms with van der Waals surface area (Å²) in [4.78, 5) is 37.1. The highest BCUT2D eigenvalue weighted by Crippen LogP contribution is 2.16. The van der Waals surface area contributed by atoms with Gasteiger partial charge in [-0.05, 0) is 66.6 Å². The second kappa shape index (κ2) is 9.71. The average Bonchev–Trinajstić information content (AvgIpc) is 3.28. The number of hydrogen-bond donors (Lipinski definition) is 3. The van der Waals surface area contributed by atoms with Crippen molar-refractivity contribution in [3.63, 3.8) is 0 Å². The fraction of sp³-hybridized carbons (Fsp3) is 0.174.